The molecule has 1 atom stereocenters. The average molecular weight is 332 g/mol. The highest BCUT2D eigenvalue weighted by Gasteiger charge is 2.19. The summed E-state index contributed by atoms with van der Waals surface area (Å²) >= 11 is 3.49. The van der Waals surface area contributed by atoms with E-state index in [1.165, 1.54) is 0 Å². The molecule has 6 heteroatoms. The van der Waals surface area contributed by atoms with Gasteiger partial charge >= 0.3 is 0 Å². The first kappa shape index (κ1) is 16.2. The van der Waals surface area contributed by atoms with Crippen molar-refractivity contribution in [3.63, 3.8) is 0 Å². The van der Waals surface area contributed by atoms with Crippen LogP contribution in [0.3, 0.4) is 0 Å². The summed E-state index contributed by atoms with van der Waals surface area (Å²) < 4.78 is 6.82. The van der Waals surface area contributed by atoms with Gasteiger partial charge in [-0.1, -0.05) is 22.9 Å². The number of rotatable bonds is 7. The van der Waals surface area contributed by atoms with E-state index in [9.17, 15) is 4.79 Å². The molecule has 0 aliphatic carbocycles. The lowest BCUT2D eigenvalue weighted by atomic mass is 10.2. The van der Waals surface area contributed by atoms with Gasteiger partial charge in [-0.2, -0.15) is 5.10 Å². The fourth-order valence-electron chi connectivity index (χ4n) is 1.87. The number of aryl methyl sites for hydroxylation is 2. The Bertz CT molecular complexity index is 420. The topological polar surface area (TPSA) is 47.4 Å². The summed E-state index contributed by atoms with van der Waals surface area (Å²) in [6, 6.07) is 1.88. The quantitative estimate of drug-likeness (QED) is 0.717. The van der Waals surface area contributed by atoms with Gasteiger partial charge in [0.1, 0.15) is 5.69 Å². The fraction of sp³-hybridized carbons (Fsp3) is 0.692. The summed E-state index contributed by atoms with van der Waals surface area (Å²) in [6.07, 6.45) is 0.835. The Labute approximate surface area is 123 Å². The van der Waals surface area contributed by atoms with Crippen molar-refractivity contribution in [3.05, 3.63) is 17.5 Å². The van der Waals surface area contributed by atoms with Gasteiger partial charge in [0, 0.05) is 27.2 Å². The van der Waals surface area contributed by atoms with Crippen molar-refractivity contribution < 1.29 is 9.53 Å². The molecule has 0 saturated heterocycles. The van der Waals surface area contributed by atoms with E-state index in [1.54, 1.807) is 23.7 Å². The zero-order valence-corrected chi connectivity index (χ0v) is 13.6. The lowest BCUT2D eigenvalue weighted by molar-refractivity contribution is 0.0772. The van der Waals surface area contributed by atoms with Crippen LogP contribution in [0.25, 0.3) is 0 Å². The molecule has 19 heavy (non-hydrogen) atoms. The number of aromatic nitrogens is 2. The van der Waals surface area contributed by atoms with Crippen molar-refractivity contribution in [2.45, 2.75) is 31.6 Å². The van der Waals surface area contributed by atoms with Crippen LogP contribution in [-0.4, -0.2) is 52.7 Å². The molecule has 0 saturated carbocycles. The summed E-state index contributed by atoms with van der Waals surface area (Å²) in [4.78, 5) is 14.2. The third-order valence-corrected chi connectivity index (χ3v) is 3.43. The third-order valence-electron chi connectivity index (χ3n) is 2.88. The van der Waals surface area contributed by atoms with Crippen LogP contribution < -0.4 is 0 Å². The Morgan fingerprint density at radius 3 is 2.79 bits per heavy atom. The molecule has 1 rings (SSSR count). The summed E-state index contributed by atoms with van der Waals surface area (Å²) in [6.45, 7) is 5.90. The molecule has 1 amide bonds. The molecule has 0 fully saturated rings. The molecule has 5 nitrogen and oxygen atoms in total. The number of carbonyl (C=O) groups excluding carboxylic acids is 1. The molecule has 0 aliphatic rings. The predicted molar refractivity (Wildman–Crippen MR) is 78.8 cm³/mol. The van der Waals surface area contributed by atoms with Crippen molar-refractivity contribution in [2.24, 2.45) is 0 Å². The minimum atomic E-state index is -0.00500. The van der Waals surface area contributed by atoms with E-state index in [0.29, 0.717) is 25.4 Å². The Morgan fingerprint density at radius 2 is 2.26 bits per heavy atom. The maximum absolute atomic E-state index is 12.4. The molecule has 0 spiro atoms. The number of halogens is 1. The first-order valence-corrected chi connectivity index (χ1v) is 7.40. The summed E-state index contributed by atoms with van der Waals surface area (Å²) in [7, 11) is 3.45. The molecule has 0 aromatic carbocycles. The fourth-order valence-corrected chi connectivity index (χ4v) is 2.56. The average Bonchev–Trinajstić information content (AvgIpc) is 2.81. The van der Waals surface area contributed by atoms with Crippen molar-refractivity contribution in [1.29, 1.82) is 0 Å². The predicted octanol–water partition coefficient (Wildman–Crippen LogP) is 1.95. The van der Waals surface area contributed by atoms with Crippen LogP contribution in [0, 0.1) is 0 Å². The number of methoxy groups -OCH3 is 1. The summed E-state index contributed by atoms with van der Waals surface area (Å²) in [5, 5.41) is 4.40. The van der Waals surface area contributed by atoms with E-state index in [1.807, 2.05) is 19.9 Å². The lowest BCUT2D eigenvalue weighted by Crippen LogP contribution is -2.34. The van der Waals surface area contributed by atoms with Crippen LogP contribution >= 0.6 is 15.9 Å². The number of carbonyl (C=O) groups is 1. The van der Waals surface area contributed by atoms with E-state index in [0.717, 1.165) is 12.1 Å². The maximum Gasteiger partial charge on any atom is 0.271 e. The van der Waals surface area contributed by atoms with Crippen LogP contribution in [0.5, 0.6) is 0 Å². The van der Waals surface area contributed by atoms with Gasteiger partial charge in [-0.15, -0.1) is 0 Å². The zero-order valence-electron chi connectivity index (χ0n) is 12.0. The van der Waals surface area contributed by atoms with Crippen LogP contribution in [0.1, 0.15) is 30.0 Å². The molecular formula is C13H22BrN3O2. The highest BCUT2D eigenvalue weighted by molar-refractivity contribution is 9.09. The largest absolute Gasteiger partial charge is 0.383 e. The maximum atomic E-state index is 12.4. The van der Waals surface area contributed by atoms with Gasteiger partial charge in [-0.3, -0.25) is 9.48 Å². The Morgan fingerprint density at radius 1 is 1.58 bits per heavy atom. The second-order valence-corrected chi connectivity index (χ2v) is 5.72. The smallest absolute Gasteiger partial charge is 0.271 e. The lowest BCUT2D eigenvalue weighted by Gasteiger charge is -2.20. The number of ether oxygens (including phenoxy) is 1. The van der Waals surface area contributed by atoms with Crippen LogP contribution in [0.15, 0.2) is 6.07 Å². The SMILES string of the molecule is CCc1cc(C(=O)N(C)CC(Br)COC)n(CC)n1. The Kier molecular flexibility index (Phi) is 6.51. The van der Waals surface area contributed by atoms with E-state index >= 15 is 0 Å². The first-order chi connectivity index (χ1) is 9.03. The van der Waals surface area contributed by atoms with E-state index in [-0.39, 0.29) is 10.7 Å². The van der Waals surface area contributed by atoms with Crippen molar-refractivity contribution in [2.75, 3.05) is 27.3 Å². The minimum absolute atomic E-state index is 0.00500. The van der Waals surface area contributed by atoms with Crippen LogP contribution in [-0.2, 0) is 17.7 Å². The summed E-state index contributed by atoms with van der Waals surface area (Å²) in [5.41, 5.74) is 1.60. The molecular weight excluding hydrogens is 310 g/mol. The van der Waals surface area contributed by atoms with E-state index in [2.05, 4.69) is 21.0 Å². The first-order valence-electron chi connectivity index (χ1n) is 6.48. The zero-order chi connectivity index (χ0) is 14.4. The molecule has 1 aromatic heterocycles. The monoisotopic (exact) mass is 331 g/mol. The summed E-state index contributed by atoms with van der Waals surface area (Å²) in [5.74, 6) is -0.00500. The number of alkyl halides is 1. The number of hydrogen-bond donors (Lipinski definition) is 0. The minimum Gasteiger partial charge on any atom is -0.383 e. The van der Waals surface area contributed by atoms with Gasteiger partial charge in [0.25, 0.3) is 5.91 Å². The molecule has 1 heterocycles. The Hall–Kier alpha value is -0.880. The van der Waals surface area contributed by atoms with Gasteiger partial charge < -0.3 is 9.64 Å². The van der Waals surface area contributed by atoms with Crippen LogP contribution in [0.2, 0.25) is 0 Å². The van der Waals surface area contributed by atoms with E-state index < -0.39 is 0 Å². The number of hydrogen-bond acceptors (Lipinski definition) is 3. The van der Waals surface area contributed by atoms with E-state index in [4.69, 9.17) is 4.74 Å². The standard InChI is InChI=1S/C13H22BrN3O2/c1-5-11-7-12(17(6-2)15-11)13(18)16(3)8-10(14)9-19-4/h7,10H,5-6,8-9H2,1-4H3. The van der Waals surface area contributed by atoms with Gasteiger partial charge in [0.2, 0.25) is 0 Å². The molecule has 1 aromatic rings. The second-order valence-electron chi connectivity index (χ2n) is 4.43. The second kappa shape index (κ2) is 7.65. The van der Waals surface area contributed by atoms with Crippen LogP contribution in [0.4, 0.5) is 0 Å². The molecule has 0 radical (unpaired) electrons. The van der Waals surface area contributed by atoms with Gasteiger partial charge in [-0.05, 0) is 19.4 Å². The third kappa shape index (κ3) is 4.31. The van der Waals surface area contributed by atoms with Gasteiger partial charge in [-0.25, -0.2) is 0 Å². The number of amides is 1. The van der Waals surface area contributed by atoms with Crippen molar-refractivity contribution in [3.8, 4) is 0 Å². The highest BCUT2D eigenvalue weighted by Crippen LogP contribution is 2.10. The molecule has 0 N–H and O–H groups in total. The Balaban J connectivity index is 2.78. The molecule has 1 unspecified atom stereocenters. The number of nitrogens with zero attached hydrogens (tertiary/aromatic N) is 3. The molecule has 108 valence electrons. The van der Waals surface area contributed by atoms with Gasteiger partial charge in [0.05, 0.1) is 17.1 Å². The van der Waals surface area contributed by atoms with Gasteiger partial charge in [0.15, 0.2) is 0 Å². The molecule has 0 aliphatic heterocycles. The van der Waals surface area contributed by atoms with Crippen molar-refractivity contribution in [1.82, 2.24) is 14.7 Å². The van der Waals surface area contributed by atoms with Crippen molar-refractivity contribution >= 4 is 21.8 Å². The highest BCUT2D eigenvalue weighted by atomic mass is 79.9. The normalized spacial score (nSPS) is 12.5. The molecule has 0 bridgehead atoms.